The molecular formula is C64H121O11P. The van der Waals surface area contributed by atoms with E-state index in [2.05, 4.69) is 45.1 Å². The van der Waals surface area contributed by atoms with Crippen LogP contribution in [0, 0.1) is 0 Å². The minimum atomic E-state index is -4.74. The van der Waals surface area contributed by atoms with Gasteiger partial charge in [0.25, 0.3) is 0 Å². The van der Waals surface area contributed by atoms with E-state index in [0.29, 0.717) is 19.3 Å². The van der Waals surface area contributed by atoms with Crippen LogP contribution in [-0.2, 0) is 42.2 Å². The van der Waals surface area contributed by atoms with Gasteiger partial charge in [-0.05, 0) is 51.4 Å². The highest BCUT2D eigenvalue weighted by atomic mass is 31.2. The number of phosphoric ester groups is 1. The van der Waals surface area contributed by atoms with Crippen molar-refractivity contribution < 1.29 is 52.2 Å². The van der Waals surface area contributed by atoms with Gasteiger partial charge in [-0.1, -0.05) is 283 Å². The van der Waals surface area contributed by atoms with E-state index in [4.69, 9.17) is 23.3 Å². The summed E-state index contributed by atoms with van der Waals surface area (Å²) in [4.78, 5) is 48.7. The summed E-state index contributed by atoms with van der Waals surface area (Å²) < 4.78 is 39.7. The summed E-state index contributed by atoms with van der Waals surface area (Å²) in [6.07, 6.45) is 61.2. The standard InChI is InChI=1S/C64H121O11P/c1-4-7-10-13-16-19-22-25-27-29-30-32-34-37-40-43-46-49-52-55-64(68)75-61(57-71-62(66)53-50-47-44-41-38-35-24-21-18-15-12-9-6-3)59-73-76(69,70)72-58-60(56-65)74-63(67)54-51-48-45-42-39-36-33-31-28-26-23-20-17-14-11-8-5-2/h16,19,25,27,60-61,65H,4-15,17-18,20-24,26,28-59H2,1-3H3,(H,69,70)/b19-16-,27-25-. The van der Waals surface area contributed by atoms with E-state index in [-0.39, 0.29) is 25.9 Å². The fraction of sp³-hybridized carbons (Fsp3) is 0.891. The van der Waals surface area contributed by atoms with Gasteiger partial charge in [0.1, 0.15) is 12.7 Å². The van der Waals surface area contributed by atoms with Gasteiger partial charge in [0.2, 0.25) is 0 Å². The monoisotopic (exact) mass is 1100 g/mol. The molecule has 0 radical (unpaired) electrons. The molecule has 0 saturated heterocycles. The zero-order chi connectivity index (χ0) is 55.5. The summed E-state index contributed by atoms with van der Waals surface area (Å²) in [5.74, 6) is -1.44. The van der Waals surface area contributed by atoms with Crippen molar-refractivity contribution in [3.63, 3.8) is 0 Å². The Hall–Kier alpha value is -2.04. The van der Waals surface area contributed by atoms with Gasteiger partial charge in [0, 0.05) is 19.3 Å². The normalized spacial score (nSPS) is 13.4. The summed E-state index contributed by atoms with van der Waals surface area (Å²) in [7, 11) is -4.74. The highest BCUT2D eigenvalue weighted by Gasteiger charge is 2.28. The Morgan fingerprint density at radius 2 is 0.645 bits per heavy atom. The van der Waals surface area contributed by atoms with Crippen molar-refractivity contribution in [2.24, 2.45) is 0 Å². The number of esters is 3. The van der Waals surface area contributed by atoms with Gasteiger partial charge >= 0.3 is 25.7 Å². The number of allylic oxidation sites excluding steroid dienone is 4. The molecule has 2 N–H and O–H groups in total. The van der Waals surface area contributed by atoms with Gasteiger partial charge < -0.3 is 24.2 Å². The second-order valence-corrected chi connectivity index (χ2v) is 23.4. The van der Waals surface area contributed by atoms with Crippen LogP contribution in [0.2, 0.25) is 0 Å². The van der Waals surface area contributed by atoms with Crippen LogP contribution >= 0.6 is 7.82 Å². The molecule has 0 aromatic carbocycles. The van der Waals surface area contributed by atoms with Gasteiger partial charge in [0.15, 0.2) is 6.10 Å². The van der Waals surface area contributed by atoms with Gasteiger partial charge in [0.05, 0.1) is 19.8 Å². The highest BCUT2D eigenvalue weighted by Crippen LogP contribution is 2.43. The van der Waals surface area contributed by atoms with Gasteiger partial charge in [-0.25, -0.2) is 4.57 Å². The molecule has 0 fully saturated rings. The first-order chi connectivity index (χ1) is 37.2. The van der Waals surface area contributed by atoms with E-state index in [0.717, 1.165) is 70.6 Å². The first-order valence-corrected chi connectivity index (χ1v) is 33.7. The highest BCUT2D eigenvalue weighted by molar-refractivity contribution is 7.47. The first-order valence-electron chi connectivity index (χ1n) is 32.2. The first kappa shape index (κ1) is 74.0. The van der Waals surface area contributed by atoms with E-state index >= 15 is 0 Å². The van der Waals surface area contributed by atoms with Crippen LogP contribution in [-0.4, -0.2) is 66.5 Å². The predicted octanol–water partition coefficient (Wildman–Crippen LogP) is 19.4. The fourth-order valence-electron chi connectivity index (χ4n) is 9.45. The number of hydrogen-bond donors (Lipinski definition) is 2. The number of unbranched alkanes of at least 4 members (excludes halogenated alkanes) is 40. The number of carbonyl (C=O) groups excluding carboxylic acids is 3. The predicted molar refractivity (Wildman–Crippen MR) is 316 cm³/mol. The Morgan fingerprint density at radius 3 is 1.00 bits per heavy atom. The lowest BCUT2D eigenvalue weighted by atomic mass is 10.0. The van der Waals surface area contributed by atoms with Crippen LogP contribution in [0.3, 0.4) is 0 Å². The van der Waals surface area contributed by atoms with Crippen molar-refractivity contribution in [2.75, 3.05) is 26.4 Å². The third-order valence-electron chi connectivity index (χ3n) is 14.4. The third kappa shape index (κ3) is 56.7. The van der Waals surface area contributed by atoms with Gasteiger partial charge in [-0.2, -0.15) is 0 Å². The van der Waals surface area contributed by atoms with Crippen LogP contribution in [0.5, 0.6) is 0 Å². The molecule has 0 rings (SSSR count). The molecule has 11 nitrogen and oxygen atoms in total. The fourth-order valence-corrected chi connectivity index (χ4v) is 10.2. The van der Waals surface area contributed by atoms with Crippen LogP contribution in [0.15, 0.2) is 24.3 Å². The molecule has 3 atom stereocenters. The lowest BCUT2D eigenvalue weighted by molar-refractivity contribution is -0.161. The molecule has 76 heavy (non-hydrogen) atoms. The molecule has 0 aromatic rings. The summed E-state index contributed by atoms with van der Waals surface area (Å²) in [5, 5.41) is 9.85. The lowest BCUT2D eigenvalue weighted by Gasteiger charge is -2.21. The lowest BCUT2D eigenvalue weighted by Crippen LogP contribution is -2.30. The summed E-state index contributed by atoms with van der Waals surface area (Å²) in [6, 6.07) is 0. The van der Waals surface area contributed by atoms with E-state index < -0.39 is 57.8 Å². The van der Waals surface area contributed by atoms with Crippen LogP contribution in [0.1, 0.15) is 329 Å². The van der Waals surface area contributed by atoms with Gasteiger partial charge in [-0.3, -0.25) is 23.4 Å². The van der Waals surface area contributed by atoms with Crippen molar-refractivity contribution in [3.05, 3.63) is 24.3 Å². The number of aliphatic hydroxyl groups excluding tert-OH is 1. The molecule has 0 heterocycles. The Balaban J connectivity index is 4.62. The molecule has 0 saturated carbocycles. The Labute approximate surface area is 468 Å². The van der Waals surface area contributed by atoms with Crippen LogP contribution in [0.25, 0.3) is 0 Å². The molecule has 12 heteroatoms. The Morgan fingerprint density at radius 1 is 0.368 bits per heavy atom. The minimum absolute atomic E-state index is 0.169. The quantitative estimate of drug-likeness (QED) is 0.0197. The SMILES string of the molecule is CCCCC/C=C\C/C=C\CCCCCCCCCCCC(=O)OC(COC(=O)CCCCCCCCCCCCCCC)COP(=O)(O)OCC(CO)OC(=O)CCCCCCCCCCCCCCCCCCC. The van der Waals surface area contributed by atoms with E-state index in [1.807, 2.05) is 0 Å². The number of ether oxygens (including phenoxy) is 3. The van der Waals surface area contributed by atoms with E-state index in [1.165, 1.54) is 199 Å². The maximum Gasteiger partial charge on any atom is 0.472 e. The number of phosphoric acid groups is 1. The van der Waals surface area contributed by atoms with Crippen LogP contribution in [0.4, 0.5) is 0 Å². The molecule has 3 unspecified atom stereocenters. The van der Waals surface area contributed by atoms with Crippen molar-refractivity contribution in [3.8, 4) is 0 Å². The molecular weight excluding hydrogens is 976 g/mol. The topological polar surface area (TPSA) is 155 Å². The molecule has 0 aromatic heterocycles. The molecule has 0 spiro atoms. The average molecular weight is 1100 g/mol. The number of carbonyl (C=O) groups is 3. The summed E-state index contributed by atoms with van der Waals surface area (Å²) in [5.41, 5.74) is 0. The largest absolute Gasteiger partial charge is 0.472 e. The third-order valence-corrected chi connectivity index (χ3v) is 15.3. The maximum absolute atomic E-state index is 12.9. The number of aliphatic hydroxyl groups is 1. The molecule has 0 aliphatic carbocycles. The van der Waals surface area contributed by atoms with Crippen LogP contribution < -0.4 is 0 Å². The summed E-state index contributed by atoms with van der Waals surface area (Å²) >= 11 is 0. The zero-order valence-corrected chi connectivity index (χ0v) is 50.6. The Kier molecular flexibility index (Phi) is 57.5. The van der Waals surface area contributed by atoms with Crippen molar-refractivity contribution in [1.29, 1.82) is 0 Å². The molecule has 0 aliphatic rings. The Bertz CT molecular complexity index is 1370. The minimum Gasteiger partial charge on any atom is -0.462 e. The van der Waals surface area contributed by atoms with Crippen molar-refractivity contribution >= 4 is 25.7 Å². The second kappa shape index (κ2) is 59.1. The maximum atomic E-state index is 12.9. The summed E-state index contributed by atoms with van der Waals surface area (Å²) in [6.45, 7) is 4.70. The smallest absolute Gasteiger partial charge is 0.462 e. The van der Waals surface area contributed by atoms with Crippen molar-refractivity contribution in [2.45, 2.75) is 341 Å². The van der Waals surface area contributed by atoms with Crippen molar-refractivity contribution in [1.82, 2.24) is 0 Å². The molecule has 0 aliphatic heterocycles. The second-order valence-electron chi connectivity index (χ2n) is 21.9. The number of rotatable bonds is 61. The molecule has 0 bridgehead atoms. The van der Waals surface area contributed by atoms with E-state index in [1.54, 1.807) is 0 Å². The van der Waals surface area contributed by atoms with Gasteiger partial charge in [-0.15, -0.1) is 0 Å². The number of hydrogen-bond acceptors (Lipinski definition) is 10. The van der Waals surface area contributed by atoms with E-state index in [9.17, 15) is 28.9 Å². The average Bonchev–Trinajstić information content (AvgIpc) is 3.41. The molecule has 0 amide bonds. The zero-order valence-electron chi connectivity index (χ0n) is 49.7. The molecule has 448 valence electrons.